The molecule has 1 amide bonds. The Balaban J connectivity index is 1.98. The van der Waals surface area contributed by atoms with Crippen LogP contribution >= 0.6 is 0 Å². The molecule has 0 radical (unpaired) electrons. The number of ether oxygens (including phenoxy) is 1. The lowest BCUT2D eigenvalue weighted by Gasteiger charge is -2.18. The first-order valence-electron chi connectivity index (χ1n) is 8.92. The molecule has 0 saturated carbocycles. The first-order chi connectivity index (χ1) is 13.4. The predicted octanol–water partition coefficient (Wildman–Crippen LogP) is 2.41. The summed E-state index contributed by atoms with van der Waals surface area (Å²) in [6.45, 7) is 1.57. The summed E-state index contributed by atoms with van der Waals surface area (Å²) in [6.07, 6.45) is 1.64. The normalized spacial score (nSPS) is 12.2. The molecule has 2 aromatic rings. The number of sulfonamides is 1. The van der Waals surface area contributed by atoms with E-state index in [1.54, 1.807) is 0 Å². The average molecular weight is 404 g/mol. The second kappa shape index (κ2) is 10.0. The van der Waals surface area contributed by atoms with Crippen LogP contribution in [0.2, 0.25) is 0 Å². The molecule has 0 bridgehead atoms. The van der Waals surface area contributed by atoms with Crippen LogP contribution in [0.15, 0.2) is 59.5 Å². The van der Waals surface area contributed by atoms with Crippen LogP contribution in [0.3, 0.4) is 0 Å². The van der Waals surface area contributed by atoms with Crippen LogP contribution < -0.4 is 10.0 Å². The highest BCUT2D eigenvalue weighted by atomic mass is 32.2. The standard InChI is InChI=1S/C20H24N2O5S/c1-3-8-18(15-9-5-4-6-10-15)22-19(23)14-27-20(24)16-11-7-12-17(13-16)28(25,26)21-2/h4-7,9-13,18,21H,3,8,14H2,1-2H3,(H,22,23)/t18-/m0/s1. The summed E-state index contributed by atoms with van der Waals surface area (Å²) in [5.41, 5.74) is 1.03. The Kier molecular flexibility index (Phi) is 7.71. The lowest BCUT2D eigenvalue weighted by molar-refractivity contribution is -0.125. The van der Waals surface area contributed by atoms with Crippen molar-refractivity contribution in [3.8, 4) is 0 Å². The van der Waals surface area contributed by atoms with Crippen molar-refractivity contribution in [1.29, 1.82) is 0 Å². The number of benzene rings is 2. The van der Waals surface area contributed by atoms with Gasteiger partial charge in [-0.3, -0.25) is 4.79 Å². The van der Waals surface area contributed by atoms with Crippen molar-refractivity contribution in [1.82, 2.24) is 10.0 Å². The first kappa shape index (κ1) is 21.6. The van der Waals surface area contributed by atoms with Gasteiger partial charge in [-0.15, -0.1) is 0 Å². The summed E-state index contributed by atoms with van der Waals surface area (Å²) in [5, 5.41) is 2.86. The van der Waals surface area contributed by atoms with Gasteiger partial charge in [0.1, 0.15) is 0 Å². The van der Waals surface area contributed by atoms with Crippen LogP contribution in [0, 0.1) is 0 Å². The van der Waals surface area contributed by atoms with Crippen molar-refractivity contribution in [2.45, 2.75) is 30.7 Å². The molecule has 0 aliphatic carbocycles. The highest BCUT2D eigenvalue weighted by Gasteiger charge is 2.18. The van der Waals surface area contributed by atoms with E-state index in [0.717, 1.165) is 18.4 Å². The third-order valence-electron chi connectivity index (χ3n) is 4.10. The van der Waals surface area contributed by atoms with Crippen LogP contribution in [-0.4, -0.2) is 33.9 Å². The zero-order chi connectivity index (χ0) is 20.6. The largest absolute Gasteiger partial charge is 0.452 e. The van der Waals surface area contributed by atoms with Crippen molar-refractivity contribution in [2.24, 2.45) is 0 Å². The van der Waals surface area contributed by atoms with Gasteiger partial charge < -0.3 is 10.1 Å². The highest BCUT2D eigenvalue weighted by Crippen LogP contribution is 2.18. The van der Waals surface area contributed by atoms with Gasteiger partial charge in [0.15, 0.2) is 6.61 Å². The fourth-order valence-corrected chi connectivity index (χ4v) is 3.43. The van der Waals surface area contributed by atoms with Crippen LogP contribution in [0.4, 0.5) is 0 Å². The molecule has 2 rings (SSSR count). The molecule has 0 fully saturated rings. The minimum absolute atomic E-state index is 0.0530. The maximum Gasteiger partial charge on any atom is 0.338 e. The maximum absolute atomic E-state index is 12.2. The minimum atomic E-state index is -3.68. The molecule has 150 valence electrons. The number of amides is 1. The molecule has 0 aliphatic rings. The molecular formula is C20H24N2O5S. The Morgan fingerprint density at radius 2 is 1.79 bits per heavy atom. The summed E-state index contributed by atoms with van der Waals surface area (Å²) in [6, 6.07) is 14.8. The number of hydrogen-bond donors (Lipinski definition) is 2. The van der Waals surface area contributed by atoms with E-state index in [9.17, 15) is 18.0 Å². The summed E-state index contributed by atoms with van der Waals surface area (Å²) in [5.74, 6) is -1.19. The van der Waals surface area contributed by atoms with Crippen molar-refractivity contribution in [2.75, 3.05) is 13.7 Å². The SMILES string of the molecule is CCC[C@H](NC(=O)COC(=O)c1cccc(S(=O)(=O)NC)c1)c1ccccc1. The first-order valence-corrected chi connectivity index (χ1v) is 10.4. The molecule has 0 aromatic heterocycles. The number of nitrogens with one attached hydrogen (secondary N) is 2. The maximum atomic E-state index is 12.2. The Morgan fingerprint density at radius 1 is 1.07 bits per heavy atom. The van der Waals surface area contributed by atoms with Gasteiger partial charge in [0.2, 0.25) is 10.0 Å². The number of carbonyl (C=O) groups is 2. The van der Waals surface area contributed by atoms with Crippen LogP contribution in [0.1, 0.15) is 41.7 Å². The number of esters is 1. The molecule has 0 spiro atoms. The molecule has 2 aromatic carbocycles. The van der Waals surface area contributed by atoms with Gasteiger partial charge in [0, 0.05) is 0 Å². The number of hydrogen-bond acceptors (Lipinski definition) is 5. The van der Waals surface area contributed by atoms with E-state index >= 15 is 0 Å². The summed E-state index contributed by atoms with van der Waals surface area (Å²) in [4.78, 5) is 24.3. The fraction of sp³-hybridized carbons (Fsp3) is 0.300. The van der Waals surface area contributed by atoms with E-state index in [2.05, 4.69) is 10.0 Å². The van der Waals surface area contributed by atoms with Gasteiger partial charge >= 0.3 is 5.97 Å². The van der Waals surface area contributed by atoms with Gasteiger partial charge in [-0.25, -0.2) is 17.9 Å². The van der Waals surface area contributed by atoms with Gasteiger partial charge in [0.25, 0.3) is 5.91 Å². The Bertz CT molecular complexity index is 913. The van der Waals surface area contributed by atoms with Gasteiger partial charge in [-0.2, -0.15) is 0 Å². The average Bonchev–Trinajstić information content (AvgIpc) is 2.72. The third-order valence-corrected chi connectivity index (χ3v) is 5.51. The van der Waals surface area contributed by atoms with E-state index in [1.807, 2.05) is 37.3 Å². The minimum Gasteiger partial charge on any atom is -0.452 e. The fourth-order valence-electron chi connectivity index (χ4n) is 2.65. The van der Waals surface area contributed by atoms with Gasteiger partial charge in [-0.1, -0.05) is 49.7 Å². The van der Waals surface area contributed by atoms with Crippen LogP contribution in [-0.2, 0) is 19.6 Å². The van der Waals surface area contributed by atoms with Crippen molar-refractivity contribution in [3.05, 3.63) is 65.7 Å². The van der Waals surface area contributed by atoms with Gasteiger partial charge in [0.05, 0.1) is 16.5 Å². The zero-order valence-corrected chi connectivity index (χ0v) is 16.7. The lowest BCUT2D eigenvalue weighted by Crippen LogP contribution is -2.32. The van der Waals surface area contributed by atoms with Gasteiger partial charge in [-0.05, 0) is 37.2 Å². The summed E-state index contributed by atoms with van der Waals surface area (Å²) >= 11 is 0. The molecule has 1 atom stereocenters. The van der Waals surface area contributed by atoms with E-state index in [1.165, 1.54) is 31.3 Å². The Morgan fingerprint density at radius 3 is 2.43 bits per heavy atom. The lowest BCUT2D eigenvalue weighted by atomic mass is 10.0. The van der Waals surface area contributed by atoms with Crippen molar-refractivity contribution in [3.63, 3.8) is 0 Å². The zero-order valence-electron chi connectivity index (χ0n) is 15.8. The summed E-state index contributed by atoms with van der Waals surface area (Å²) in [7, 11) is -2.39. The second-order valence-electron chi connectivity index (χ2n) is 6.13. The van der Waals surface area contributed by atoms with Crippen molar-refractivity contribution >= 4 is 21.9 Å². The van der Waals surface area contributed by atoms with Crippen LogP contribution in [0.5, 0.6) is 0 Å². The smallest absolute Gasteiger partial charge is 0.338 e. The summed E-state index contributed by atoms with van der Waals surface area (Å²) < 4.78 is 30.9. The molecule has 0 unspecified atom stereocenters. The number of carbonyl (C=O) groups excluding carboxylic acids is 2. The molecular weight excluding hydrogens is 380 g/mol. The third kappa shape index (κ3) is 5.90. The Hall–Kier alpha value is -2.71. The molecule has 0 aliphatic heterocycles. The second-order valence-corrected chi connectivity index (χ2v) is 8.02. The van der Waals surface area contributed by atoms with E-state index in [0.29, 0.717) is 0 Å². The molecule has 28 heavy (non-hydrogen) atoms. The molecule has 7 nitrogen and oxygen atoms in total. The van der Waals surface area contributed by atoms with E-state index in [-0.39, 0.29) is 16.5 Å². The van der Waals surface area contributed by atoms with Crippen LogP contribution in [0.25, 0.3) is 0 Å². The Labute approximate surface area is 165 Å². The molecule has 0 heterocycles. The molecule has 2 N–H and O–H groups in total. The quantitative estimate of drug-likeness (QED) is 0.625. The van der Waals surface area contributed by atoms with E-state index < -0.39 is 28.5 Å². The predicted molar refractivity (Wildman–Crippen MR) is 105 cm³/mol. The monoisotopic (exact) mass is 404 g/mol. The molecule has 8 heteroatoms. The van der Waals surface area contributed by atoms with Crippen molar-refractivity contribution < 1.29 is 22.7 Å². The topological polar surface area (TPSA) is 102 Å². The number of rotatable bonds is 9. The van der Waals surface area contributed by atoms with E-state index in [4.69, 9.17) is 4.74 Å². The molecule has 0 saturated heterocycles. The highest BCUT2D eigenvalue weighted by molar-refractivity contribution is 7.89.